The summed E-state index contributed by atoms with van der Waals surface area (Å²) in [4.78, 5) is 30.4. The van der Waals surface area contributed by atoms with Crippen LogP contribution in [-0.4, -0.2) is 39.4 Å². The van der Waals surface area contributed by atoms with Gasteiger partial charge in [0, 0.05) is 20.0 Å². The molecule has 0 atom stereocenters. The first kappa shape index (κ1) is 18.0. The number of para-hydroxylation sites is 2. The lowest BCUT2D eigenvalue weighted by Crippen LogP contribution is -2.35. The number of nitrogens with zero attached hydrogens (tertiary/aromatic N) is 3. The Morgan fingerprint density at radius 3 is 2.46 bits per heavy atom. The fourth-order valence-electron chi connectivity index (χ4n) is 2.78. The number of imidazole rings is 1. The molecule has 6 heteroatoms. The molecular weight excluding hydrogens is 304 g/mol. The zero-order valence-electron chi connectivity index (χ0n) is 14.7. The zero-order chi connectivity index (χ0) is 17.5. The number of rotatable bonds is 8. The van der Waals surface area contributed by atoms with Crippen LogP contribution in [0.2, 0.25) is 0 Å². The summed E-state index contributed by atoms with van der Waals surface area (Å²) < 4.78 is 1.91. The Morgan fingerprint density at radius 1 is 1.17 bits per heavy atom. The van der Waals surface area contributed by atoms with Gasteiger partial charge in [-0.25, -0.2) is 4.98 Å². The second kappa shape index (κ2) is 8.47. The van der Waals surface area contributed by atoms with E-state index in [1.165, 1.54) is 6.92 Å². The number of hydrogen-bond donors (Lipinski definition) is 1. The van der Waals surface area contributed by atoms with E-state index < -0.39 is 0 Å². The summed E-state index contributed by atoms with van der Waals surface area (Å²) in [5.41, 5.74) is 1.75. The van der Waals surface area contributed by atoms with Crippen LogP contribution in [-0.2, 0) is 22.7 Å². The second-order valence-electron chi connectivity index (χ2n) is 5.89. The van der Waals surface area contributed by atoms with Crippen LogP contribution in [0.3, 0.4) is 0 Å². The first-order valence-corrected chi connectivity index (χ1v) is 8.53. The Balaban J connectivity index is 2.29. The van der Waals surface area contributed by atoms with Crippen LogP contribution in [0.15, 0.2) is 24.3 Å². The molecule has 130 valence electrons. The molecule has 0 aliphatic rings. The SMILES string of the molecule is CCCN(CCC)C(=O)Cn1c(CNC(C)=O)nc2ccccc21. The predicted octanol–water partition coefficient (Wildman–Crippen LogP) is 2.32. The topological polar surface area (TPSA) is 67.2 Å². The first-order valence-electron chi connectivity index (χ1n) is 8.53. The third kappa shape index (κ3) is 4.34. The Labute approximate surface area is 142 Å². The van der Waals surface area contributed by atoms with Crippen LogP contribution in [0.5, 0.6) is 0 Å². The number of carbonyl (C=O) groups is 2. The van der Waals surface area contributed by atoms with Crippen molar-refractivity contribution in [3.8, 4) is 0 Å². The van der Waals surface area contributed by atoms with E-state index in [0.717, 1.165) is 37.0 Å². The second-order valence-corrected chi connectivity index (χ2v) is 5.89. The molecule has 1 aromatic heterocycles. The van der Waals surface area contributed by atoms with Crippen molar-refractivity contribution in [3.63, 3.8) is 0 Å². The van der Waals surface area contributed by atoms with E-state index in [2.05, 4.69) is 24.1 Å². The van der Waals surface area contributed by atoms with Gasteiger partial charge < -0.3 is 14.8 Å². The molecule has 1 aromatic carbocycles. The smallest absolute Gasteiger partial charge is 0.242 e. The van der Waals surface area contributed by atoms with Gasteiger partial charge in [0.25, 0.3) is 0 Å². The highest BCUT2D eigenvalue weighted by Crippen LogP contribution is 2.16. The van der Waals surface area contributed by atoms with Crippen molar-refractivity contribution < 1.29 is 9.59 Å². The van der Waals surface area contributed by atoms with Gasteiger partial charge in [-0.1, -0.05) is 26.0 Å². The van der Waals surface area contributed by atoms with Crippen LogP contribution in [0, 0.1) is 0 Å². The van der Waals surface area contributed by atoms with Gasteiger partial charge in [-0.15, -0.1) is 0 Å². The number of hydrogen-bond acceptors (Lipinski definition) is 3. The monoisotopic (exact) mass is 330 g/mol. The average Bonchev–Trinajstić information content (AvgIpc) is 2.90. The highest BCUT2D eigenvalue weighted by atomic mass is 16.2. The van der Waals surface area contributed by atoms with Gasteiger partial charge in [0.05, 0.1) is 17.6 Å². The molecular formula is C18H26N4O2. The zero-order valence-corrected chi connectivity index (χ0v) is 14.7. The molecule has 0 aliphatic heterocycles. The maximum atomic E-state index is 12.7. The van der Waals surface area contributed by atoms with Gasteiger partial charge >= 0.3 is 0 Å². The minimum absolute atomic E-state index is 0.0888. The Hall–Kier alpha value is -2.37. The number of amides is 2. The predicted molar refractivity (Wildman–Crippen MR) is 94.4 cm³/mol. The molecule has 0 spiro atoms. The Kier molecular flexibility index (Phi) is 6.35. The number of fused-ring (bicyclic) bond motifs is 1. The standard InChI is InChI=1S/C18H26N4O2/c1-4-10-21(11-5-2)18(24)13-22-16-9-7-6-8-15(16)20-17(22)12-19-14(3)23/h6-9H,4-5,10-13H2,1-3H3,(H,19,23). The molecule has 0 bridgehead atoms. The molecule has 1 heterocycles. The number of nitrogens with one attached hydrogen (secondary N) is 1. The van der Waals surface area contributed by atoms with Crippen LogP contribution in [0.25, 0.3) is 11.0 Å². The maximum Gasteiger partial charge on any atom is 0.242 e. The molecule has 0 saturated carbocycles. The Morgan fingerprint density at radius 2 is 1.83 bits per heavy atom. The molecule has 0 aliphatic carbocycles. The molecule has 2 rings (SSSR count). The van der Waals surface area contributed by atoms with Crippen molar-refractivity contribution in [3.05, 3.63) is 30.1 Å². The third-order valence-electron chi connectivity index (χ3n) is 3.86. The van der Waals surface area contributed by atoms with E-state index in [9.17, 15) is 9.59 Å². The van der Waals surface area contributed by atoms with Gasteiger partial charge in [0.15, 0.2) is 0 Å². The quantitative estimate of drug-likeness (QED) is 0.808. The average molecular weight is 330 g/mol. The summed E-state index contributed by atoms with van der Waals surface area (Å²) in [6.45, 7) is 7.72. The Bertz CT molecular complexity index is 702. The fraction of sp³-hybridized carbons (Fsp3) is 0.500. The van der Waals surface area contributed by atoms with Gasteiger partial charge in [-0.2, -0.15) is 0 Å². The molecule has 2 aromatic rings. The first-order chi connectivity index (χ1) is 11.6. The van der Waals surface area contributed by atoms with Gasteiger partial charge in [-0.05, 0) is 25.0 Å². The van der Waals surface area contributed by atoms with E-state index in [1.807, 2.05) is 33.7 Å². The van der Waals surface area contributed by atoms with Gasteiger partial charge in [0.2, 0.25) is 11.8 Å². The number of carbonyl (C=O) groups excluding carboxylic acids is 2. The summed E-state index contributed by atoms with van der Waals surface area (Å²) in [5.74, 6) is 0.678. The van der Waals surface area contributed by atoms with Crippen molar-refractivity contribution in [1.29, 1.82) is 0 Å². The van der Waals surface area contributed by atoms with Gasteiger partial charge in [0.1, 0.15) is 12.4 Å². The normalized spacial score (nSPS) is 10.8. The summed E-state index contributed by atoms with van der Waals surface area (Å²) >= 11 is 0. The van der Waals surface area contributed by atoms with Crippen LogP contribution < -0.4 is 5.32 Å². The highest BCUT2D eigenvalue weighted by Gasteiger charge is 2.17. The minimum Gasteiger partial charge on any atom is -0.349 e. The fourth-order valence-corrected chi connectivity index (χ4v) is 2.78. The minimum atomic E-state index is -0.112. The molecule has 0 fully saturated rings. The van der Waals surface area contributed by atoms with Crippen molar-refractivity contribution in [1.82, 2.24) is 19.8 Å². The number of aromatic nitrogens is 2. The lowest BCUT2D eigenvalue weighted by atomic mass is 10.3. The van der Waals surface area contributed by atoms with Crippen molar-refractivity contribution in [2.75, 3.05) is 13.1 Å². The van der Waals surface area contributed by atoms with E-state index in [-0.39, 0.29) is 18.4 Å². The van der Waals surface area contributed by atoms with Crippen molar-refractivity contribution in [2.45, 2.75) is 46.7 Å². The number of benzene rings is 1. The highest BCUT2D eigenvalue weighted by molar-refractivity contribution is 5.81. The lowest BCUT2D eigenvalue weighted by Gasteiger charge is -2.22. The summed E-state index contributed by atoms with van der Waals surface area (Å²) in [5, 5.41) is 2.77. The molecule has 0 unspecified atom stereocenters. The van der Waals surface area contributed by atoms with Crippen LogP contribution >= 0.6 is 0 Å². The van der Waals surface area contributed by atoms with Crippen LogP contribution in [0.4, 0.5) is 0 Å². The van der Waals surface area contributed by atoms with E-state index >= 15 is 0 Å². The third-order valence-corrected chi connectivity index (χ3v) is 3.86. The molecule has 2 amide bonds. The molecule has 24 heavy (non-hydrogen) atoms. The largest absolute Gasteiger partial charge is 0.349 e. The van der Waals surface area contributed by atoms with E-state index in [1.54, 1.807) is 0 Å². The van der Waals surface area contributed by atoms with E-state index in [4.69, 9.17) is 0 Å². The van der Waals surface area contributed by atoms with Gasteiger partial charge in [-0.3, -0.25) is 9.59 Å². The summed E-state index contributed by atoms with van der Waals surface area (Å²) in [6.07, 6.45) is 1.88. The summed E-state index contributed by atoms with van der Waals surface area (Å²) in [6, 6.07) is 7.73. The molecule has 6 nitrogen and oxygen atoms in total. The summed E-state index contributed by atoms with van der Waals surface area (Å²) in [7, 11) is 0. The van der Waals surface area contributed by atoms with E-state index in [0.29, 0.717) is 12.4 Å². The van der Waals surface area contributed by atoms with Crippen molar-refractivity contribution >= 4 is 22.8 Å². The molecule has 1 N–H and O–H groups in total. The lowest BCUT2D eigenvalue weighted by molar-refractivity contribution is -0.131. The van der Waals surface area contributed by atoms with Crippen LogP contribution in [0.1, 0.15) is 39.4 Å². The molecule has 0 saturated heterocycles. The van der Waals surface area contributed by atoms with Crippen molar-refractivity contribution in [2.24, 2.45) is 0 Å². The molecule has 0 radical (unpaired) electrons. The maximum absolute atomic E-state index is 12.7.